The molecule has 2 N–H and O–H groups in total. The fourth-order valence-corrected chi connectivity index (χ4v) is 3.79. The Balaban J connectivity index is 1.97. The van der Waals surface area contributed by atoms with Gasteiger partial charge in [-0.1, -0.05) is 26.7 Å². The summed E-state index contributed by atoms with van der Waals surface area (Å²) < 4.78 is 0. The molecule has 0 aromatic heterocycles. The molecule has 2 rings (SSSR count). The molecule has 2 saturated carbocycles. The number of nitrogens with two attached hydrogens (primary N) is 1. The Morgan fingerprint density at radius 3 is 2.57 bits per heavy atom. The first-order chi connectivity index (χ1) is 6.66. The molecular formula is C13H25N. The molecule has 0 aliphatic heterocycles. The minimum Gasteiger partial charge on any atom is -0.330 e. The van der Waals surface area contributed by atoms with Gasteiger partial charge in [0.2, 0.25) is 0 Å². The van der Waals surface area contributed by atoms with Crippen LogP contribution in [0, 0.1) is 23.2 Å². The Morgan fingerprint density at radius 1 is 1.36 bits per heavy atom. The molecule has 2 aliphatic rings. The van der Waals surface area contributed by atoms with E-state index in [9.17, 15) is 0 Å². The van der Waals surface area contributed by atoms with Crippen molar-refractivity contribution in [3.8, 4) is 0 Å². The van der Waals surface area contributed by atoms with E-state index in [0.29, 0.717) is 5.41 Å². The lowest BCUT2D eigenvalue weighted by Gasteiger charge is -2.37. The molecule has 0 aromatic rings. The van der Waals surface area contributed by atoms with Crippen LogP contribution in [0.1, 0.15) is 52.4 Å². The Morgan fingerprint density at radius 2 is 2.14 bits per heavy atom. The van der Waals surface area contributed by atoms with Crippen LogP contribution < -0.4 is 5.73 Å². The highest BCUT2D eigenvalue weighted by Gasteiger charge is 2.49. The maximum absolute atomic E-state index is 6.04. The SMILES string of the molecule is CC(C)CCC1(CN)CC2CCC1C2. The average Bonchev–Trinajstić information content (AvgIpc) is 2.74. The maximum atomic E-state index is 6.04. The molecular weight excluding hydrogens is 170 g/mol. The smallest absolute Gasteiger partial charge is 0.00178 e. The quantitative estimate of drug-likeness (QED) is 0.732. The van der Waals surface area contributed by atoms with Gasteiger partial charge in [-0.2, -0.15) is 0 Å². The zero-order chi connectivity index (χ0) is 10.2. The summed E-state index contributed by atoms with van der Waals surface area (Å²) in [5.74, 6) is 2.87. The monoisotopic (exact) mass is 195 g/mol. The molecule has 14 heavy (non-hydrogen) atoms. The van der Waals surface area contributed by atoms with E-state index in [1.54, 1.807) is 0 Å². The summed E-state index contributed by atoms with van der Waals surface area (Å²) in [6, 6.07) is 0. The molecule has 1 heteroatoms. The van der Waals surface area contributed by atoms with Gasteiger partial charge in [-0.05, 0) is 55.4 Å². The van der Waals surface area contributed by atoms with Gasteiger partial charge in [0, 0.05) is 0 Å². The third-order valence-electron chi connectivity index (χ3n) is 4.73. The predicted molar refractivity (Wildman–Crippen MR) is 61.0 cm³/mol. The third kappa shape index (κ3) is 1.71. The van der Waals surface area contributed by atoms with Crippen molar-refractivity contribution in [2.45, 2.75) is 52.4 Å². The molecule has 2 fully saturated rings. The Bertz CT molecular complexity index is 199. The Hall–Kier alpha value is -0.0400. The lowest BCUT2D eigenvalue weighted by molar-refractivity contribution is 0.147. The first kappa shape index (κ1) is 10.5. The summed E-state index contributed by atoms with van der Waals surface area (Å²) >= 11 is 0. The summed E-state index contributed by atoms with van der Waals surface area (Å²) in [6.45, 7) is 5.61. The van der Waals surface area contributed by atoms with Crippen LogP contribution >= 0.6 is 0 Å². The second-order valence-corrected chi connectivity index (χ2v) is 6.08. The standard InChI is InChI=1S/C13H25N/c1-10(2)5-6-13(9-14)8-11-3-4-12(13)7-11/h10-12H,3-9,14H2,1-2H3. The molecule has 1 nitrogen and oxygen atoms in total. The van der Waals surface area contributed by atoms with Crippen molar-refractivity contribution in [1.29, 1.82) is 0 Å². The maximum Gasteiger partial charge on any atom is -0.00178 e. The molecule has 82 valence electrons. The zero-order valence-corrected chi connectivity index (χ0v) is 9.76. The van der Waals surface area contributed by atoms with E-state index in [2.05, 4.69) is 13.8 Å². The van der Waals surface area contributed by atoms with Crippen molar-refractivity contribution in [2.24, 2.45) is 28.9 Å². The summed E-state index contributed by atoms with van der Waals surface area (Å²) in [4.78, 5) is 0. The van der Waals surface area contributed by atoms with Crippen molar-refractivity contribution < 1.29 is 0 Å². The summed E-state index contributed by atoms with van der Waals surface area (Å²) in [5.41, 5.74) is 6.60. The van der Waals surface area contributed by atoms with Crippen LogP contribution in [0.25, 0.3) is 0 Å². The number of fused-ring (bicyclic) bond motifs is 2. The zero-order valence-electron chi connectivity index (χ0n) is 9.76. The van der Waals surface area contributed by atoms with Crippen molar-refractivity contribution >= 4 is 0 Å². The van der Waals surface area contributed by atoms with Crippen LogP contribution in [0.2, 0.25) is 0 Å². The van der Waals surface area contributed by atoms with Crippen LogP contribution in [0.5, 0.6) is 0 Å². The summed E-state index contributed by atoms with van der Waals surface area (Å²) in [6.07, 6.45) is 8.67. The van der Waals surface area contributed by atoms with E-state index in [0.717, 1.165) is 24.3 Å². The van der Waals surface area contributed by atoms with Crippen LogP contribution in [0.3, 0.4) is 0 Å². The average molecular weight is 195 g/mol. The second-order valence-electron chi connectivity index (χ2n) is 6.08. The van der Waals surface area contributed by atoms with Gasteiger partial charge in [0.25, 0.3) is 0 Å². The molecule has 0 aromatic carbocycles. The van der Waals surface area contributed by atoms with Gasteiger partial charge >= 0.3 is 0 Å². The van der Waals surface area contributed by atoms with E-state index in [4.69, 9.17) is 5.73 Å². The minimum absolute atomic E-state index is 0.563. The van der Waals surface area contributed by atoms with E-state index < -0.39 is 0 Å². The predicted octanol–water partition coefficient (Wildman–Crippen LogP) is 3.19. The third-order valence-corrected chi connectivity index (χ3v) is 4.73. The highest BCUT2D eigenvalue weighted by Crippen LogP contribution is 2.57. The lowest BCUT2D eigenvalue weighted by Crippen LogP contribution is -2.36. The summed E-state index contributed by atoms with van der Waals surface area (Å²) in [7, 11) is 0. The molecule has 0 heterocycles. The van der Waals surface area contributed by atoms with Crippen LogP contribution in [-0.4, -0.2) is 6.54 Å². The van der Waals surface area contributed by atoms with Crippen molar-refractivity contribution in [1.82, 2.24) is 0 Å². The molecule has 2 aliphatic carbocycles. The fourth-order valence-electron chi connectivity index (χ4n) is 3.79. The highest BCUT2D eigenvalue weighted by molar-refractivity contribution is 5.00. The van der Waals surface area contributed by atoms with E-state index in [-0.39, 0.29) is 0 Å². The molecule has 3 atom stereocenters. The van der Waals surface area contributed by atoms with E-state index >= 15 is 0 Å². The lowest BCUT2D eigenvalue weighted by atomic mass is 9.69. The van der Waals surface area contributed by atoms with E-state index in [1.165, 1.54) is 38.5 Å². The molecule has 0 amide bonds. The van der Waals surface area contributed by atoms with Gasteiger partial charge in [0.15, 0.2) is 0 Å². The first-order valence-electron chi connectivity index (χ1n) is 6.36. The van der Waals surface area contributed by atoms with Crippen molar-refractivity contribution in [3.63, 3.8) is 0 Å². The number of rotatable bonds is 4. The largest absolute Gasteiger partial charge is 0.330 e. The molecule has 2 bridgehead atoms. The van der Waals surface area contributed by atoms with Crippen molar-refractivity contribution in [3.05, 3.63) is 0 Å². The van der Waals surface area contributed by atoms with Gasteiger partial charge in [0.05, 0.1) is 0 Å². The molecule has 0 saturated heterocycles. The van der Waals surface area contributed by atoms with Gasteiger partial charge in [-0.25, -0.2) is 0 Å². The van der Waals surface area contributed by atoms with Gasteiger partial charge in [-0.15, -0.1) is 0 Å². The van der Waals surface area contributed by atoms with Crippen LogP contribution in [-0.2, 0) is 0 Å². The minimum atomic E-state index is 0.563. The van der Waals surface area contributed by atoms with Crippen LogP contribution in [0.15, 0.2) is 0 Å². The highest BCUT2D eigenvalue weighted by atomic mass is 14.7. The number of hydrogen-bond donors (Lipinski definition) is 1. The van der Waals surface area contributed by atoms with Gasteiger partial charge in [0.1, 0.15) is 0 Å². The number of hydrogen-bond acceptors (Lipinski definition) is 1. The summed E-state index contributed by atoms with van der Waals surface area (Å²) in [5, 5.41) is 0. The fraction of sp³-hybridized carbons (Fsp3) is 1.00. The van der Waals surface area contributed by atoms with Gasteiger partial charge < -0.3 is 5.73 Å². The van der Waals surface area contributed by atoms with Crippen LogP contribution in [0.4, 0.5) is 0 Å². The first-order valence-corrected chi connectivity index (χ1v) is 6.36. The Labute approximate surface area is 88.4 Å². The van der Waals surface area contributed by atoms with Crippen molar-refractivity contribution in [2.75, 3.05) is 6.54 Å². The normalized spacial score (nSPS) is 41.1. The van der Waals surface area contributed by atoms with Gasteiger partial charge in [-0.3, -0.25) is 0 Å². The molecule has 0 radical (unpaired) electrons. The molecule has 0 spiro atoms. The second kappa shape index (κ2) is 3.84. The molecule has 3 unspecified atom stereocenters. The van der Waals surface area contributed by atoms with E-state index in [1.807, 2.05) is 0 Å². The Kier molecular flexibility index (Phi) is 2.88. The topological polar surface area (TPSA) is 26.0 Å².